The number of nitrogens with one attached hydrogen (secondary N) is 1. The predicted molar refractivity (Wildman–Crippen MR) is 120 cm³/mol. The zero-order valence-electron chi connectivity index (χ0n) is 18.1. The van der Waals surface area contributed by atoms with E-state index in [1.54, 1.807) is 14.2 Å². The van der Waals surface area contributed by atoms with Crippen molar-refractivity contribution in [3.8, 4) is 11.5 Å². The summed E-state index contributed by atoms with van der Waals surface area (Å²) < 4.78 is 11.3. The lowest BCUT2D eigenvalue weighted by molar-refractivity contribution is -0.939. The number of rotatable bonds is 6. The van der Waals surface area contributed by atoms with Crippen molar-refractivity contribution in [1.29, 1.82) is 0 Å². The van der Waals surface area contributed by atoms with E-state index in [0.717, 1.165) is 55.8 Å². The average Bonchev–Trinajstić information content (AvgIpc) is 2.79. The monoisotopic (exact) mass is 408 g/mol. The van der Waals surface area contributed by atoms with Crippen LogP contribution in [0.3, 0.4) is 0 Å². The number of aliphatic hydroxyl groups is 1. The van der Waals surface area contributed by atoms with Crippen molar-refractivity contribution in [3.63, 3.8) is 0 Å². The van der Waals surface area contributed by atoms with Crippen molar-refractivity contribution in [3.05, 3.63) is 65.7 Å². The van der Waals surface area contributed by atoms with Crippen LogP contribution in [0.2, 0.25) is 0 Å². The van der Waals surface area contributed by atoms with Gasteiger partial charge < -0.3 is 19.5 Å². The summed E-state index contributed by atoms with van der Waals surface area (Å²) in [6, 6.07) is 16.7. The molecule has 0 amide bonds. The number of hydrogen-bond donors (Lipinski definition) is 2. The van der Waals surface area contributed by atoms with Gasteiger partial charge in [0.15, 0.2) is 0 Å². The van der Waals surface area contributed by atoms with Gasteiger partial charge in [-0.15, -0.1) is 0 Å². The number of quaternary nitrogens is 1. The van der Waals surface area contributed by atoms with E-state index >= 15 is 0 Å². The van der Waals surface area contributed by atoms with Crippen LogP contribution in [0.25, 0.3) is 6.08 Å². The van der Waals surface area contributed by atoms with Crippen LogP contribution in [0.15, 0.2) is 54.6 Å². The Bertz CT molecular complexity index is 866. The first-order valence-corrected chi connectivity index (χ1v) is 11.1. The van der Waals surface area contributed by atoms with Gasteiger partial charge >= 0.3 is 0 Å². The fourth-order valence-electron chi connectivity index (χ4n) is 5.51. The Kier molecular flexibility index (Phi) is 6.45. The Hall–Kier alpha value is -2.30. The number of fused-ring (bicyclic) bond motifs is 1. The lowest BCUT2D eigenvalue weighted by Gasteiger charge is -2.50. The van der Waals surface area contributed by atoms with E-state index in [4.69, 9.17) is 9.47 Å². The van der Waals surface area contributed by atoms with Gasteiger partial charge in [-0.05, 0) is 42.7 Å². The second-order valence-electron chi connectivity index (χ2n) is 8.72. The molecule has 4 nitrogen and oxygen atoms in total. The Morgan fingerprint density at radius 2 is 1.90 bits per heavy atom. The molecule has 1 saturated heterocycles. The average molecular weight is 409 g/mol. The Morgan fingerprint density at radius 3 is 2.67 bits per heavy atom. The maximum Gasteiger partial charge on any atom is 0.128 e. The van der Waals surface area contributed by atoms with Gasteiger partial charge in [-0.1, -0.05) is 49.2 Å². The Labute approximate surface area is 180 Å². The molecule has 2 aromatic carbocycles. The molecule has 2 aromatic rings. The highest BCUT2D eigenvalue weighted by Gasteiger charge is 2.52. The summed E-state index contributed by atoms with van der Waals surface area (Å²) in [5.41, 5.74) is 1.81. The molecule has 4 atom stereocenters. The molecule has 4 heteroatoms. The van der Waals surface area contributed by atoms with Crippen LogP contribution in [-0.2, 0) is 0 Å². The van der Waals surface area contributed by atoms with Gasteiger partial charge in [-0.3, -0.25) is 0 Å². The normalized spacial score (nSPS) is 28.8. The van der Waals surface area contributed by atoms with Crippen LogP contribution >= 0.6 is 0 Å². The fourth-order valence-corrected chi connectivity index (χ4v) is 5.51. The first-order valence-electron chi connectivity index (χ1n) is 11.1. The lowest BCUT2D eigenvalue weighted by Crippen LogP contribution is -3.14. The molecule has 1 unspecified atom stereocenters. The smallest absolute Gasteiger partial charge is 0.128 e. The minimum absolute atomic E-state index is 0.189. The molecule has 2 fully saturated rings. The quantitative estimate of drug-likeness (QED) is 0.767. The molecule has 0 bridgehead atoms. The molecule has 0 aromatic heterocycles. The third-order valence-electron chi connectivity index (χ3n) is 7.05. The van der Waals surface area contributed by atoms with E-state index in [-0.39, 0.29) is 12.0 Å². The molecular formula is C26H34NO3+. The molecule has 1 saturated carbocycles. The SMILES string of the molecule is COc1ccc(OC)c([C@@H]2[C@@H]3CCCC[C@@]3(O)CC[NH+]2C/C=C/c2ccccc2)c1. The highest BCUT2D eigenvalue weighted by Crippen LogP contribution is 2.46. The van der Waals surface area contributed by atoms with Crippen molar-refractivity contribution in [1.82, 2.24) is 0 Å². The molecule has 0 radical (unpaired) electrons. The zero-order chi connectivity index (χ0) is 21.0. The molecule has 2 aliphatic rings. The summed E-state index contributed by atoms with van der Waals surface area (Å²) in [5.74, 6) is 1.97. The summed E-state index contributed by atoms with van der Waals surface area (Å²) in [7, 11) is 3.44. The summed E-state index contributed by atoms with van der Waals surface area (Å²) in [6.07, 6.45) is 9.63. The van der Waals surface area contributed by atoms with Crippen LogP contribution in [0.1, 0.15) is 49.3 Å². The maximum atomic E-state index is 11.5. The molecule has 160 valence electrons. The van der Waals surface area contributed by atoms with Crippen LogP contribution < -0.4 is 14.4 Å². The summed E-state index contributed by atoms with van der Waals surface area (Å²) in [4.78, 5) is 1.49. The van der Waals surface area contributed by atoms with Crippen LogP contribution in [-0.4, -0.2) is 38.0 Å². The molecule has 0 spiro atoms. The van der Waals surface area contributed by atoms with E-state index in [1.165, 1.54) is 16.9 Å². The standard InChI is InChI=1S/C26H33NO3/c1-29-21-13-14-24(30-2)22(19-21)25-23-12-6-7-15-26(23,28)16-18-27(25)17-8-11-20-9-4-3-5-10-20/h3-5,8-11,13-14,19,23,25,28H,6-7,12,15-18H2,1-2H3/p+1/b11-8+/t23-,25+,26+/m0/s1. The second-order valence-corrected chi connectivity index (χ2v) is 8.72. The molecule has 1 heterocycles. The van der Waals surface area contributed by atoms with Gasteiger partial charge in [0.2, 0.25) is 0 Å². The van der Waals surface area contributed by atoms with Crippen LogP contribution in [0.4, 0.5) is 0 Å². The van der Waals surface area contributed by atoms with Crippen LogP contribution in [0.5, 0.6) is 11.5 Å². The molecule has 1 aliphatic carbocycles. The van der Waals surface area contributed by atoms with Crippen molar-refractivity contribution in [2.75, 3.05) is 27.3 Å². The minimum atomic E-state index is -0.566. The third kappa shape index (κ3) is 4.26. The van der Waals surface area contributed by atoms with Gasteiger partial charge in [0.1, 0.15) is 17.5 Å². The molecular weight excluding hydrogens is 374 g/mol. The first kappa shape index (κ1) is 21.0. The number of likely N-dealkylation sites (tertiary alicyclic amines) is 1. The van der Waals surface area contributed by atoms with Gasteiger partial charge in [-0.25, -0.2) is 0 Å². The molecule has 2 N–H and O–H groups in total. The number of ether oxygens (including phenoxy) is 2. The Balaban J connectivity index is 1.67. The van der Waals surface area contributed by atoms with Crippen molar-refractivity contribution in [2.45, 2.75) is 43.7 Å². The van der Waals surface area contributed by atoms with E-state index in [0.29, 0.717) is 0 Å². The predicted octanol–water partition coefficient (Wildman–Crippen LogP) is 3.67. The zero-order valence-corrected chi connectivity index (χ0v) is 18.1. The van der Waals surface area contributed by atoms with Crippen LogP contribution in [0, 0.1) is 5.92 Å². The molecule has 4 rings (SSSR count). The van der Waals surface area contributed by atoms with E-state index in [9.17, 15) is 5.11 Å². The van der Waals surface area contributed by atoms with E-state index < -0.39 is 5.60 Å². The molecule has 1 aliphatic heterocycles. The Morgan fingerprint density at radius 1 is 1.07 bits per heavy atom. The third-order valence-corrected chi connectivity index (χ3v) is 7.05. The van der Waals surface area contributed by atoms with Gasteiger partial charge in [0.25, 0.3) is 0 Å². The number of hydrogen-bond acceptors (Lipinski definition) is 3. The summed E-state index contributed by atoms with van der Waals surface area (Å²) >= 11 is 0. The van der Waals surface area contributed by atoms with Crippen molar-refractivity contribution in [2.24, 2.45) is 5.92 Å². The maximum absolute atomic E-state index is 11.5. The topological polar surface area (TPSA) is 43.1 Å². The highest BCUT2D eigenvalue weighted by atomic mass is 16.5. The second kappa shape index (κ2) is 9.23. The van der Waals surface area contributed by atoms with Gasteiger partial charge in [-0.2, -0.15) is 0 Å². The minimum Gasteiger partial charge on any atom is -0.497 e. The summed E-state index contributed by atoms with van der Waals surface area (Å²) in [5, 5.41) is 11.5. The van der Waals surface area contributed by atoms with Crippen molar-refractivity contribution < 1.29 is 19.5 Å². The summed E-state index contributed by atoms with van der Waals surface area (Å²) in [6.45, 7) is 1.88. The fraction of sp³-hybridized carbons (Fsp3) is 0.462. The van der Waals surface area contributed by atoms with E-state index in [1.807, 2.05) is 18.2 Å². The van der Waals surface area contributed by atoms with Gasteiger partial charge in [0, 0.05) is 12.3 Å². The number of benzene rings is 2. The van der Waals surface area contributed by atoms with Gasteiger partial charge in [0.05, 0.1) is 38.5 Å². The van der Waals surface area contributed by atoms with E-state index in [2.05, 4.69) is 42.5 Å². The first-order chi connectivity index (χ1) is 14.6. The van der Waals surface area contributed by atoms with Crippen molar-refractivity contribution >= 4 is 6.08 Å². The largest absolute Gasteiger partial charge is 0.497 e. The number of methoxy groups -OCH3 is 2. The number of piperidine rings is 1. The lowest BCUT2D eigenvalue weighted by atomic mass is 9.66. The molecule has 30 heavy (non-hydrogen) atoms. The highest BCUT2D eigenvalue weighted by molar-refractivity contribution is 5.48.